The fraction of sp³-hybridized carbons (Fsp3) is 0.250. The van der Waals surface area contributed by atoms with E-state index in [-0.39, 0.29) is 5.78 Å². The van der Waals surface area contributed by atoms with Gasteiger partial charge in [0, 0.05) is 12.7 Å². The second-order valence-corrected chi connectivity index (χ2v) is 3.51. The number of methoxy groups -OCH3 is 1. The largest absolute Gasteiger partial charge is 0.456 e. The van der Waals surface area contributed by atoms with Crippen LogP contribution in [0.15, 0.2) is 24.8 Å². The summed E-state index contributed by atoms with van der Waals surface area (Å²) in [5.41, 5.74) is 2.30. The van der Waals surface area contributed by atoms with Crippen LogP contribution in [0.3, 0.4) is 0 Å². The second kappa shape index (κ2) is 3.51. The van der Waals surface area contributed by atoms with Crippen LogP contribution < -0.4 is 4.74 Å². The van der Waals surface area contributed by atoms with Crippen LogP contribution in [0.2, 0.25) is 0 Å². The molecule has 0 amide bonds. The number of fused-ring (bicyclic) bond motifs is 1. The highest BCUT2D eigenvalue weighted by molar-refractivity contribution is 6.05. The number of Topliss-reactive ketones (excluding diaryl/α,β-unsaturated/α-hetero) is 1. The predicted octanol–water partition coefficient (Wildman–Crippen LogP) is 2.27. The Labute approximate surface area is 88.3 Å². The third-order valence-corrected chi connectivity index (χ3v) is 2.39. The summed E-state index contributed by atoms with van der Waals surface area (Å²) in [7, 11) is 1.45. The van der Waals surface area contributed by atoms with Gasteiger partial charge in [-0.1, -0.05) is 18.7 Å². The Morgan fingerprint density at radius 2 is 2.27 bits per heavy atom. The zero-order valence-electron chi connectivity index (χ0n) is 8.74. The van der Waals surface area contributed by atoms with Crippen LogP contribution in [0.25, 0.3) is 5.57 Å². The minimum absolute atomic E-state index is 0.129. The van der Waals surface area contributed by atoms with Gasteiger partial charge in [0.05, 0.1) is 5.56 Å². The number of carbonyl (C=O) groups excluding carboxylic acids is 1. The zero-order chi connectivity index (χ0) is 11.0. The average Bonchev–Trinajstić information content (AvgIpc) is 2.55. The summed E-state index contributed by atoms with van der Waals surface area (Å²) in [5.74, 6) is 0.456. The SMILES string of the molecule is C=C(C)c1cccc2c1OC(OC)C2=O. The van der Waals surface area contributed by atoms with Crippen molar-refractivity contribution in [1.29, 1.82) is 0 Å². The Kier molecular flexibility index (Phi) is 2.32. The van der Waals surface area contributed by atoms with Crippen LogP contribution in [-0.4, -0.2) is 19.2 Å². The Balaban J connectivity index is 2.53. The minimum Gasteiger partial charge on any atom is -0.456 e. The first-order valence-electron chi connectivity index (χ1n) is 4.67. The first-order chi connectivity index (χ1) is 7.15. The van der Waals surface area contributed by atoms with E-state index in [4.69, 9.17) is 9.47 Å². The molecule has 1 heterocycles. The molecule has 0 bridgehead atoms. The first-order valence-corrected chi connectivity index (χ1v) is 4.67. The molecular weight excluding hydrogens is 192 g/mol. The molecule has 1 atom stereocenters. The molecular formula is C12H12O3. The Morgan fingerprint density at radius 3 is 2.87 bits per heavy atom. The monoisotopic (exact) mass is 204 g/mol. The third kappa shape index (κ3) is 1.45. The van der Waals surface area contributed by atoms with Crippen molar-refractivity contribution >= 4 is 11.4 Å². The van der Waals surface area contributed by atoms with Crippen molar-refractivity contribution in [3.05, 3.63) is 35.9 Å². The van der Waals surface area contributed by atoms with Crippen LogP contribution >= 0.6 is 0 Å². The van der Waals surface area contributed by atoms with E-state index in [9.17, 15) is 4.79 Å². The van der Waals surface area contributed by atoms with Crippen molar-refractivity contribution in [2.45, 2.75) is 13.2 Å². The molecule has 1 aromatic rings. The molecule has 1 aromatic carbocycles. The minimum atomic E-state index is -0.805. The number of ether oxygens (including phenoxy) is 2. The average molecular weight is 204 g/mol. The number of carbonyl (C=O) groups is 1. The van der Waals surface area contributed by atoms with Crippen molar-refractivity contribution in [2.24, 2.45) is 0 Å². The van der Waals surface area contributed by atoms with E-state index in [1.165, 1.54) is 7.11 Å². The maximum absolute atomic E-state index is 11.7. The molecule has 0 aromatic heterocycles. The molecule has 0 saturated heterocycles. The molecule has 1 aliphatic heterocycles. The number of rotatable bonds is 2. The molecule has 1 aliphatic rings. The molecule has 0 saturated carbocycles. The van der Waals surface area contributed by atoms with Gasteiger partial charge < -0.3 is 9.47 Å². The van der Waals surface area contributed by atoms with Gasteiger partial charge in [-0.05, 0) is 18.6 Å². The van der Waals surface area contributed by atoms with Gasteiger partial charge in [0.15, 0.2) is 0 Å². The smallest absolute Gasteiger partial charge is 0.264 e. The standard InChI is InChI=1S/C12H12O3/c1-7(2)8-5-4-6-9-10(13)12(14-3)15-11(8)9/h4-6,12H,1H2,2-3H3. The summed E-state index contributed by atoms with van der Waals surface area (Å²) < 4.78 is 10.4. The third-order valence-electron chi connectivity index (χ3n) is 2.39. The van der Waals surface area contributed by atoms with Crippen molar-refractivity contribution in [3.63, 3.8) is 0 Å². The number of hydrogen-bond donors (Lipinski definition) is 0. The Bertz CT molecular complexity index is 434. The van der Waals surface area contributed by atoms with Gasteiger partial charge in [-0.3, -0.25) is 4.79 Å². The maximum Gasteiger partial charge on any atom is 0.264 e. The van der Waals surface area contributed by atoms with Crippen LogP contribution in [0, 0.1) is 0 Å². The summed E-state index contributed by atoms with van der Waals surface area (Å²) in [6, 6.07) is 5.44. The molecule has 0 fully saturated rings. The van der Waals surface area contributed by atoms with Gasteiger partial charge in [0.1, 0.15) is 5.75 Å². The zero-order valence-corrected chi connectivity index (χ0v) is 8.74. The van der Waals surface area contributed by atoms with Crippen LogP contribution in [0.5, 0.6) is 5.75 Å². The van der Waals surface area contributed by atoms with Gasteiger partial charge in [-0.15, -0.1) is 0 Å². The summed E-state index contributed by atoms with van der Waals surface area (Å²) >= 11 is 0. The van der Waals surface area contributed by atoms with E-state index in [0.717, 1.165) is 11.1 Å². The van der Waals surface area contributed by atoms with E-state index in [0.29, 0.717) is 11.3 Å². The van der Waals surface area contributed by atoms with Crippen LogP contribution in [0.1, 0.15) is 22.8 Å². The Morgan fingerprint density at radius 1 is 1.53 bits per heavy atom. The summed E-state index contributed by atoms with van der Waals surface area (Å²) in [6.07, 6.45) is -0.805. The van der Waals surface area contributed by atoms with Crippen molar-refractivity contribution < 1.29 is 14.3 Å². The van der Waals surface area contributed by atoms with Gasteiger partial charge in [0.25, 0.3) is 6.29 Å². The number of hydrogen-bond acceptors (Lipinski definition) is 3. The molecule has 1 unspecified atom stereocenters. The van der Waals surface area contributed by atoms with Gasteiger partial charge in [0.2, 0.25) is 5.78 Å². The molecule has 3 heteroatoms. The van der Waals surface area contributed by atoms with Gasteiger partial charge in [-0.25, -0.2) is 0 Å². The number of benzene rings is 1. The molecule has 3 nitrogen and oxygen atoms in total. The topological polar surface area (TPSA) is 35.5 Å². The molecule has 78 valence electrons. The van der Waals surface area contributed by atoms with Gasteiger partial charge >= 0.3 is 0 Å². The molecule has 0 spiro atoms. The van der Waals surface area contributed by atoms with Crippen LogP contribution in [-0.2, 0) is 4.74 Å². The fourth-order valence-electron chi connectivity index (χ4n) is 1.64. The maximum atomic E-state index is 11.7. The molecule has 0 N–H and O–H groups in total. The first kappa shape index (κ1) is 9.93. The van der Waals surface area contributed by atoms with E-state index in [1.54, 1.807) is 6.07 Å². The van der Waals surface area contributed by atoms with E-state index >= 15 is 0 Å². The fourth-order valence-corrected chi connectivity index (χ4v) is 1.64. The number of ketones is 1. The number of allylic oxidation sites excluding steroid dienone is 1. The highest BCUT2D eigenvalue weighted by atomic mass is 16.7. The van der Waals surface area contributed by atoms with Crippen LogP contribution in [0.4, 0.5) is 0 Å². The quantitative estimate of drug-likeness (QED) is 0.741. The summed E-state index contributed by atoms with van der Waals surface area (Å²) in [6.45, 7) is 5.73. The number of para-hydroxylation sites is 1. The Hall–Kier alpha value is -1.61. The summed E-state index contributed by atoms with van der Waals surface area (Å²) in [5, 5.41) is 0. The summed E-state index contributed by atoms with van der Waals surface area (Å²) in [4.78, 5) is 11.7. The molecule has 0 aliphatic carbocycles. The lowest BCUT2D eigenvalue weighted by Gasteiger charge is -2.08. The molecule has 15 heavy (non-hydrogen) atoms. The van der Waals surface area contributed by atoms with E-state index in [1.807, 2.05) is 19.1 Å². The van der Waals surface area contributed by atoms with Crippen molar-refractivity contribution in [3.8, 4) is 5.75 Å². The second-order valence-electron chi connectivity index (χ2n) is 3.51. The van der Waals surface area contributed by atoms with Crippen molar-refractivity contribution in [1.82, 2.24) is 0 Å². The lowest BCUT2D eigenvalue weighted by molar-refractivity contribution is -0.0215. The normalized spacial score (nSPS) is 18.5. The highest BCUT2D eigenvalue weighted by Crippen LogP contribution is 2.35. The van der Waals surface area contributed by atoms with E-state index < -0.39 is 6.29 Å². The van der Waals surface area contributed by atoms with Gasteiger partial charge in [-0.2, -0.15) is 0 Å². The lowest BCUT2D eigenvalue weighted by atomic mass is 10.0. The van der Waals surface area contributed by atoms with E-state index in [2.05, 4.69) is 6.58 Å². The molecule has 2 rings (SSSR count). The predicted molar refractivity (Wildman–Crippen MR) is 56.9 cm³/mol. The van der Waals surface area contributed by atoms with Crippen molar-refractivity contribution in [2.75, 3.05) is 7.11 Å². The molecule has 0 radical (unpaired) electrons. The lowest BCUT2D eigenvalue weighted by Crippen LogP contribution is -2.22. The highest BCUT2D eigenvalue weighted by Gasteiger charge is 2.33.